The largest absolute Gasteiger partial charge is 0.586 e. The van der Waals surface area contributed by atoms with Gasteiger partial charge in [-0.2, -0.15) is 0 Å². The number of anilines is 2. The van der Waals surface area contributed by atoms with Crippen LogP contribution in [-0.4, -0.2) is 31.2 Å². The number of carbonyl (C=O) groups excluding carboxylic acids is 2. The number of amides is 2. The standard InChI is InChI=1S/C18H16ClF2N3O4/c1-10-12(19)3-2-4-13(10)24-17(26)9-23-16(25)8-22-11-5-6-14-15(7-11)28-18(20,21)27-14/h2-7,22H,8-9H2,1H3,(H,23,25)(H,24,26). The summed E-state index contributed by atoms with van der Waals surface area (Å²) in [6, 6.07) is 9.17. The van der Waals surface area contributed by atoms with E-state index in [1.165, 1.54) is 18.2 Å². The van der Waals surface area contributed by atoms with Crippen LogP contribution in [0, 0.1) is 6.92 Å². The minimum absolute atomic E-state index is 0.0898. The molecule has 10 heteroatoms. The Balaban J connectivity index is 1.45. The quantitative estimate of drug-likeness (QED) is 0.679. The molecule has 7 nitrogen and oxygen atoms in total. The smallest absolute Gasteiger partial charge is 0.395 e. The summed E-state index contributed by atoms with van der Waals surface area (Å²) < 4.78 is 34.6. The highest BCUT2D eigenvalue weighted by Crippen LogP contribution is 2.42. The van der Waals surface area contributed by atoms with Crippen molar-refractivity contribution in [3.05, 3.63) is 47.0 Å². The van der Waals surface area contributed by atoms with Crippen LogP contribution >= 0.6 is 11.6 Å². The Kier molecular flexibility index (Phi) is 5.55. The van der Waals surface area contributed by atoms with Crippen LogP contribution in [0.5, 0.6) is 11.5 Å². The van der Waals surface area contributed by atoms with Gasteiger partial charge in [0.05, 0.1) is 13.1 Å². The molecule has 28 heavy (non-hydrogen) atoms. The van der Waals surface area contributed by atoms with Crippen molar-refractivity contribution >= 4 is 34.8 Å². The number of halogens is 3. The van der Waals surface area contributed by atoms with Gasteiger partial charge in [0, 0.05) is 22.5 Å². The molecule has 3 rings (SSSR count). The van der Waals surface area contributed by atoms with E-state index in [9.17, 15) is 18.4 Å². The average molecular weight is 412 g/mol. The average Bonchev–Trinajstić information content (AvgIpc) is 2.95. The number of fused-ring (bicyclic) bond motifs is 1. The van der Waals surface area contributed by atoms with Crippen LogP contribution in [0.2, 0.25) is 5.02 Å². The first-order valence-electron chi connectivity index (χ1n) is 8.19. The maximum Gasteiger partial charge on any atom is 0.586 e. The van der Waals surface area contributed by atoms with Crippen molar-refractivity contribution in [2.45, 2.75) is 13.2 Å². The van der Waals surface area contributed by atoms with E-state index in [2.05, 4.69) is 25.4 Å². The summed E-state index contributed by atoms with van der Waals surface area (Å²) in [5, 5.41) is 8.38. The molecule has 2 aromatic carbocycles. The maximum atomic E-state index is 13.0. The predicted octanol–water partition coefficient (Wildman–Crippen LogP) is 3.14. The normalized spacial score (nSPS) is 13.7. The Morgan fingerprint density at radius 3 is 2.61 bits per heavy atom. The van der Waals surface area contributed by atoms with E-state index < -0.39 is 18.1 Å². The molecule has 0 radical (unpaired) electrons. The molecule has 0 unspecified atom stereocenters. The monoisotopic (exact) mass is 411 g/mol. The van der Waals surface area contributed by atoms with Gasteiger partial charge in [0.2, 0.25) is 11.8 Å². The summed E-state index contributed by atoms with van der Waals surface area (Å²) in [5.74, 6) is -1.09. The lowest BCUT2D eigenvalue weighted by atomic mass is 10.2. The number of nitrogens with one attached hydrogen (secondary N) is 3. The van der Waals surface area contributed by atoms with Gasteiger partial charge < -0.3 is 25.4 Å². The van der Waals surface area contributed by atoms with Gasteiger partial charge in [0.25, 0.3) is 0 Å². The molecule has 0 saturated carbocycles. The highest BCUT2D eigenvalue weighted by Gasteiger charge is 2.43. The fourth-order valence-electron chi connectivity index (χ4n) is 2.42. The third kappa shape index (κ3) is 4.80. The molecule has 0 aliphatic carbocycles. The van der Waals surface area contributed by atoms with Crippen molar-refractivity contribution in [1.82, 2.24) is 5.32 Å². The van der Waals surface area contributed by atoms with Crippen LogP contribution in [0.15, 0.2) is 36.4 Å². The first-order valence-corrected chi connectivity index (χ1v) is 8.57. The van der Waals surface area contributed by atoms with E-state index in [0.29, 0.717) is 16.4 Å². The Bertz CT molecular complexity index is 924. The number of rotatable bonds is 6. The number of hydrogen-bond acceptors (Lipinski definition) is 5. The molecule has 1 aliphatic rings. The van der Waals surface area contributed by atoms with E-state index in [-0.39, 0.29) is 24.6 Å². The summed E-state index contributed by atoms with van der Waals surface area (Å²) in [6.45, 7) is 1.36. The van der Waals surface area contributed by atoms with Crippen LogP contribution in [0.1, 0.15) is 5.56 Å². The first-order chi connectivity index (χ1) is 13.2. The van der Waals surface area contributed by atoms with Crippen LogP contribution in [-0.2, 0) is 9.59 Å². The molecular formula is C18H16ClF2N3O4. The summed E-state index contributed by atoms with van der Waals surface area (Å²) >= 11 is 5.99. The SMILES string of the molecule is Cc1c(Cl)cccc1NC(=O)CNC(=O)CNc1ccc2c(c1)OC(F)(F)O2. The van der Waals surface area contributed by atoms with Crippen molar-refractivity contribution in [1.29, 1.82) is 0 Å². The Labute approximate surface area is 164 Å². The Hall–Kier alpha value is -3.07. The van der Waals surface area contributed by atoms with Crippen molar-refractivity contribution in [3.8, 4) is 11.5 Å². The zero-order valence-corrected chi connectivity index (χ0v) is 15.4. The minimum Gasteiger partial charge on any atom is -0.395 e. The molecule has 2 aromatic rings. The minimum atomic E-state index is -3.70. The molecule has 2 amide bonds. The summed E-state index contributed by atoms with van der Waals surface area (Å²) in [4.78, 5) is 23.8. The van der Waals surface area contributed by atoms with Gasteiger partial charge in [-0.05, 0) is 36.8 Å². The van der Waals surface area contributed by atoms with Gasteiger partial charge in [0.15, 0.2) is 11.5 Å². The van der Waals surface area contributed by atoms with Gasteiger partial charge in [-0.15, -0.1) is 8.78 Å². The second-order valence-corrected chi connectivity index (χ2v) is 6.33. The summed E-state index contributed by atoms with van der Waals surface area (Å²) in [5.41, 5.74) is 1.66. The number of hydrogen-bond donors (Lipinski definition) is 3. The molecule has 0 aromatic heterocycles. The zero-order chi connectivity index (χ0) is 20.3. The first kappa shape index (κ1) is 19.7. The highest BCUT2D eigenvalue weighted by atomic mass is 35.5. The highest BCUT2D eigenvalue weighted by molar-refractivity contribution is 6.31. The lowest BCUT2D eigenvalue weighted by molar-refractivity contribution is -0.286. The van der Waals surface area contributed by atoms with Crippen molar-refractivity contribution in [2.75, 3.05) is 23.7 Å². The number of benzene rings is 2. The van der Waals surface area contributed by atoms with Crippen LogP contribution in [0.4, 0.5) is 20.2 Å². The summed E-state index contributed by atoms with van der Waals surface area (Å²) in [7, 11) is 0. The molecule has 0 saturated heterocycles. The second-order valence-electron chi connectivity index (χ2n) is 5.92. The molecule has 1 aliphatic heterocycles. The lowest BCUT2D eigenvalue weighted by Crippen LogP contribution is -2.36. The third-order valence-corrected chi connectivity index (χ3v) is 4.25. The topological polar surface area (TPSA) is 88.7 Å². The van der Waals surface area contributed by atoms with Crippen LogP contribution in [0.25, 0.3) is 0 Å². The van der Waals surface area contributed by atoms with Gasteiger partial charge in [-0.25, -0.2) is 0 Å². The molecule has 0 spiro atoms. The third-order valence-electron chi connectivity index (χ3n) is 3.84. The second kappa shape index (κ2) is 7.89. The summed E-state index contributed by atoms with van der Waals surface area (Å²) in [6.07, 6.45) is -3.70. The molecular weight excluding hydrogens is 396 g/mol. The van der Waals surface area contributed by atoms with Crippen molar-refractivity contribution < 1.29 is 27.8 Å². The van der Waals surface area contributed by atoms with Crippen LogP contribution in [0.3, 0.4) is 0 Å². The number of carbonyl (C=O) groups is 2. The van der Waals surface area contributed by atoms with Gasteiger partial charge >= 0.3 is 6.29 Å². The Morgan fingerprint density at radius 1 is 1.07 bits per heavy atom. The van der Waals surface area contributed by atoms with Crippen molar-refractivity contribution in [2.24, 2.45) is 0 Å². The Morgan fingerprint density at radius 2 is 1.82 bits per heavy atom. The van der Waals surface area contributed by atoms with Gasteiger partial charge in [-0.3, -0.25) is 9.59 Å². The van der Waals surface area contributed by atoms with Gasteiger partial charge in [-0.1, -0.05) is 17.7 Å². The molecule has 1 heterocycles. The maximum absolute atomic E-state index is 13.0. The fraction of sp³-hybridized carbons (Fsp3) is 0.222. The van der Waals surface area contributed by atoms with E-state index >= 15 is 0 Å². The van der Waals surface area contributed by atoms with Crippen molar-refractivity contribution in [3.63, 3.8) is 0 Å². The molecule has 0 bridgehead atoms. The molecule has 148 valence electrons. The molecule has 0 fully saturated rings. The number of ether oxygens (including phenoxy) is 2. The van der Waals surface area contributed by atoms with E-state index in [1.54, 1.807) is 25.1 Å². The number of alkyl halides is 2. The molecule has 3 N–H and O–H groups in total. The van der Waals surface area contributed by atoms with E-state index in [1.807, 2.05) is 0 Å². The fourth-order valence-corrected chi connectivity index (χ4v) is 2.59. The predicted molar refractivity (Wildman–Crippen MR) is 99.0 cm³/mol. The lowest BCUT2D eigenvalue weighted by Gasteiger charge is -2.11. The van der Waals surface area contributed by atoms with E-state index in [4.69, 9.17) is 11.6 Å². The van der Waals surface area contributed by atoms with Crippen LogP contribution < -0.4 is 25.4 Å². The zero-order valence-electron chi connectivity index (χ0n) is 14.6. The van der Waals surface area contributed by atoms with Gasteiger partial charge in [0.1, 0.15) is 0 Å². The van der Waals surface area contributed by atoms with E-state index in [0.717, 1.165) is 5.56 Å². The molecule has 0 atom stereocenters.